The number of hydrogen-bond donors (Lipinski definition) is 2. The molecule has 3 amide bonds. The summed E-state index contributed by atoms with van der Waals surface area (Å²) in [6.07, 6.45) is 0.666. The molecule has 7 heteroatoms. The highest BCUT2D eigenvalue weighted by Gasteiger charge is 2.40. The minimum atomic E-state index is -0.548. The maximum Gasteiger partial charge on any atom is 0.256 e. The first kappa shape index (κ1) is 12.3. The van der Waals surface area contributed by atoms with Gasteiger partial charge in [0.15, 0.2) is 0 Å². The molecule has 2 aliphatic rings. The van der Waals surface area contributed by atoms with E-state index < -0.39 is 6.04 Å². The van der Waals surface area contributed by atoms with Crippen LogP contribution in [0.5, 0.6) is 0 Å². The fraction of sp³-hybridized carbons (Fsp3) is 0.417. The van der Waals surface area contributed by atoms with Crippen molar-refractivity contribution in [2.75, 3.05) is 0 Å². The maximum absolute atomic E-state index is 12.3. The Morgan fingerprint density at radius 3 is 2.89 bits per heavy atom. The summed E-state index contributed by atoms with van der Waals surface area (Å²) >= 11 is 1.48. The fourth-order valence-corrected chi connectivity index (χ4v) is 3.49. The summed E-state index contributed by atoms with van der Waals surface area (Å²) in [5.74, 6) is -0.794. The van der Waals surface area contributed by atoms with Crippen molar-refractivity contribution in [3.05, 3.63) is 21.4 Å². The van der Waals surface area contributed by atoms with Gasteiger partial charge in [0, 0.05) is 29.8 Å². The zero-order chi connectivity index (χ0) is 13.6. The summed E-state index contributed by atoms with van der Waals surface area (Å²) in [5, 5.41) is 4.08. The normalized spacial score (nSPS) is 22.7. The average molecular weight is 279 g/mol. The van der Waals surface area contributed by atoms with Crippen molar-refractivity contribution in [1.29, 1.82) is 0 Å². The third-order valence-electron chi connectivity index (χ3n) is 3.57. The Bertz CT molecular complexity index is 581. The van der Waals surface area contributed by atoms with Crippen LogP contribution in [0.25, 0.3) is 0 Å². The quantitative estimate of drug-likeness (QED) is 0.743. The molecule has 1 fully saturated rings. The van der Waals surface area contributed by atoms with Gasteiger partial charge in [-0.3, -0.25) is 19.7 Å². The van der Waals surface area contributed by atoms with Crippen molar-refractivity contribution < 1.29 is 14.4 Å². The fourth-order valence-electron chi connectivity index (χ4n) is 2.57. The van der Waals surface area contributed by atoms with Gasteiger partial charge in [0.2, 0.25) is 11.8 Å². The van der Waals surface area contributed by atoms with Crippen LogP contribution in [-0.4, -0.2) is 28.7 Å². The lowest BCUT2D eigenvalue weighted by Crippen LogP contribution is -2.52. The van der Waals surface area contributed by atoms with E-state index in [1.165, 1.54) is 11.3 Å². The van der Waals surface area contributed by atoms with E-state index in [-0.39, 0.29) is 24.1 Å². The van der Waals surface area contributed by atoms with E-state index in [1.807, 2.05) is 0 Å². The smallest absolute Gasteiger partial charge is 0.256 e. The zero-order valence-electron chi connectivity index (χ0n) is 10.1. The predicted molar refractivity (Wildman–Crippen MR) is 68.3 cm³/mol. The number of carbonyl (C=O) groups is 3. The molecule has 1 unspecified atom stereocenters. The van der Waals surface area contributed by atoms with Crippen LogP contribution >= 0.6 is 11.3 Å². The van der Waals surface area contributed by atoms with Gasteiger partial charge in [0.1, 0.15) is 6.04 Å². The number of thiophene rings is 1. The molecule has 0 saturated carbocycles. The Morgan fingerprint density at radius 1 is 1.42 bits per heavy atom. The molecule has 100 valence electrons. The number of amides is 3. The van der Waals surface area contributed by atoms with E-state index in [0.29, 0.717) is 25.1 Å². The number of nitrogens with zero attached hydrogens (tertiary/aromatic N) is 1. The SMILES string of the molecule is NCc1scc2c1CN(C1CCC(=O)NC1=O)C2=O. The first-order valence-corrected chi connectivity index (χ1v) is 6.93. The summed E-state index contributed by atoms with van der Waals surface area (Å²) in [5.41, 5.74) is 7.22. The van der Waals surface area contributed by atoms with E-state index in [1.54, 1.807) is 10.3 Å². The van der Waals surface area contributed by atoms with E-state index in [9.17, 15) is 14.4 Å². The number of imide groups is 1. The second-order valence-corrected chi connectivity index (χ2v) is 5.62. The Kier molecular flexibility index (Phi) is 2.87. The van der Waals surface area contributed by atoms with E-state index in [0.717, 1.165) is 10.4 Å². The van der Waals surface area contributed by atoms with E-state index in [4.69, 9.17) is 5.73 Å². The minimum Gasteiger partial charge on any atom is -0.326 e. The van der Waals surface area contributed by atoms with Gasteiger partial charge in [-0.25, -0.2) is 0 Å². The first-order valence-electron chi connectivity index (χ1n) is 6.05. The lowest BCUT2D eigenvalue weighted by Gasteiger charge is -2.29. The van der Waals surface area contributed by atoms with Gasteiger partial charge in [0.25, 0.3) is 5.91 Å². The number of carbonyl (C=O) groups excluding carboxylic acids is 3. The highest BCUT2D eigenvalue weighted by molar-refractivity contribution is 7.10. The minimum absolute atomic E-state index is 0.138. The van der Waals surface area contributed by atoms with Crippen LogP contribution in [0.2, 0.25) is 0 Å². The summed E-state index contributed by atoms with van der Waals surface area (Å²) in [4.78, 5) is 37.8. The van der Waals surface area contributed by atoms with Gasteiger partial charge in [-0.1, -0.05) is 0 Å². The molecule has 3 heterocycles. The molecule has 1 saturated heterocycles. The number of rotatable bonds is 2. The molecule has 0 aliphatic carbocycles. The molecule has 6 nitrogen and oxygen atoms in total. The zero-order valence-corrected chi connectivity index (χ0v) is 11.0. The van der Waals surface area contributed by atoms with E-state index >= 15 is 0 Å². The van der Waals surface area contributed by atoms with Crippen molar-refractivity contribution in [2.24, 2.45) is 5.73 Å². The summed E-state index contributed by atoms with van der Waals surface area (Å²) in [7, 11) is 0. The highest BCUT2D eigenvalue weighted by atomic mass is 32.1. The largest absolute Gasteiger partial charge is 0.326 e. The Hall–Kier alpha value is -1.73. The molecule has 3 rings (SSSR count). The second kappa shape index (κ2) is 4.43. The van der Waals surface area contributed by atoms with Crippen LogP contribution in [0.1, 0.15) is 33.6 Å². The van der Waals surface area contributed by atoms with Crippen LogP contribution in [-0.2, 0) is 22.7 Å². The topological polar surface area (TPSA) is 92.5 Å². The average Bonchev–Trinajstić information content (AvgIpc) is 2.91. The van der Waals surface area contributed by atoms with Crippen LogP contribution < -0.4 is 11.1 Å². The van der Waals surface area contributed by atoms with E-state index in [2.05, 4.69) is 5.32 Å². The second-order valence-electron chi connectivity index (χ2n) is 4.66. The molecule has 1 aromatic rings. The Balaban J connectivity index is 1.85. The third-order valence-corrected chi connectivity index (χ3v) is 4.62. The summed E-state index contributed by atoms with van der Waals surface area (Å²) in [6.45, 7) is 0.812. The van der Waals surface area contributed by atoms with Crippen molar-refractivity contribution in [1.82, 2.24) is 10.2 Å². The van der Waals surface area contributed by atoms with Gasteiger partial charge in [-0.15, -0.1) is 11.3 Å². The number of piperidine rings is 1. The molecule has 0 spiro atoms. The van der Waals surface area contributed by atoms with Crippen molar-refractivity contribution in [3.8, 4) is 0 Å². The number of fused-ring (bicyclic) bond motifs is 1. The molecule has 0 aromatic carbocycles. The highest BCUT2D eigenvalue weighted by Crippen LogP contribution is 2.33. The molecule has 19 heavy (non-hydrogen) atoms. The van der Waals surface area contributed by atoms with Crippen molar-refractivity contribution in [3.63, 3.8) is 0 Å². The maximum atomic E-state index is 12.3. The summed E-state index contributed by atoms with van der Waals surface area (Å²) < 4.78 is 0. The van der Waals surface area contributed by atoms with Gasteiger partial charge in [-0.2, -0.15) is 0 Å². The third kappa shape index (κ3) is 1.85. The number of hydrogen-bond acceptors (Lipinski definition) is 5. The molecule has 2 aliphatic heterocycles. The van der Waals surface area contributed by atoms with Gasteiger partial charge in [0.05, 0.1) is 5.56 Å². The lowest BCUT2D eigenvalue weighted by atomic mass is 10.0. The number of nitrogens with one attached hydrogen (secondary N) is 1. The molecule has 1 aromatic heterocycles. The molecular weight excluding hydrogens is 266 g/mol. The van der Waals surface area contributed by atoms with Gasteiger partial charge in [-0.05, 0) is 12.0 Å². The molecule has 0 bridgehead atoms. The Labute approximate surface area is 113 Å². The van der Waals surface area contributed by atoms with Crippen molar-refractivity contribution in [2.45, 2.75) is 32.0 Å². The molecule has 1 atom stereocenters. The molecule has 0 radical (unpaired) electrons. The molecular formula is C12H13N3O3S. The van der Waals surface area contributed by atoms with Crippen LogP contribution in [0.4, 0.5) is 0 Å². The predicted octanol–water partition coefficient (Wildman–Crippen LogP) is -0.0322. The van der Waals surface area contributed by atoms with Crippen LogP contribution in [0.15, 0.2) is 5.38 Å². The standard InChI is InChI=1S/C12H13N3O3S/c13-3-9-6-4-15(12(18)7(6)5-19-9)8-1-2-10(16)14-11(8)17/h5,8H,1-4,13H2,(H,14,16,17). The van der Waals surface area contributed by atoms with Crippen LogP contribution in [0.3, 0.4) is 0 Å². The lowest BCUT2D eigenvalue weighted by molar-refractivity contribution is -0.136. The van der Waals surface area contributed by atoms with Crippen molar-refractivity contribution >= 4 is 29.1 Å². The van der Waals surface area contributed by atoms with Gasteiger partial charge >= 0.3 is 0 Å². The van der Waals surface area contributed by atoms with Crippen LogP contribution in [0, 0.1) is 0 Å². The first-order chi connectivity index (χ1) is 9.11. The van der Waals surface area contributed by atoms with Gasteiger partial charge < -0.3 is 10.6 Å². The Morgan fingerprint density at radius 2 is 2.21 bits per heavy atom. The monoisotopic (exact) mass is 279 g/mol. The molecule has 3 N–H and O–H groups in total. The number of nitrogens with two attached hydrogens (primary N) is 1. The summed E-state index contributed by atoms with van der Waals surface area (Å²) in [6, 6.07) is -0.548.